The number of halogens is 2. The van der Waals surface area contributed by atoms with Crippen molar-refractivity contribution >= 4 is 38.8 Å². The molecule has 1 aliphatic carbocycles. The summed E-state index contributed by atoms with van der Waals surface area (Å²) in [7, 11) is -3.77. The van der Waals surface area contributed by atoms with Crippen molar-refractivity contribution in [3.63, 3.8) is 0 Å². The zero-order chi connectivity index (χ0) is 14.0. The summed E-state index contributed by atoms with van der Waals surface area (Å²) >= 11 is 11.8. The Bertz CT molecular complexity index is 570. The van der Waals surface area contributed by atoms with Crippen molar-refractivity contribution in [2.75, 3.05) is 5.75 Å². The van der Waals surface area contributed by atoms with Gasteiger partial charge in [0.2, 0.25) is 0 Å². The van der Waals surface area contributed by atoms with E-state index in [1.54, 1.807) is 6.07 Å². The van der Waals surface area contributed by atoms with Crippen LogP contribution in [0.15, 0.2) is 23.1 Å². The second-order valence-electron chi connectivity index (χ2n) is 4.76. The standard InChI is InChI=1S/C13H14Cl2O3S/c14-10-6-3-7-11(15)13(10)19(17,18)8-12(16)9-4-1-2-5-9/h3,6-7,9H,1-2,4-5,8H2. The number of hydrogen-bond donors (Lipinski definition) is 0. The lowest BCUT2D eigenvalue weighted by molar-refractivity contribution is -0.120. The molecular weight excluding hydrogens is 307 g/mol. The number of carbonyl (C=O) groups excluding carboxylic acids is 1. The van der Waals surface area contributed by atoms with Crippen LogP contribution in [-0.2, 0) is 14.6 Å². The van der Waals surface area contributed by atoms with Gasteiger partial charge in [0, 0.05) is 5.92 Å². The van der Waals surface area contributed by atoms with E-state index < -0.39 is 15.6 Å². The Labute approximate surface area is 122 Å². The zero-order valence-corrected chi connectivity index (χ0v) is 12.6. The molecule has 19 heavy (non-hydrogen) atoms. The van der Waals surface area contributed by atoms with Crippen molar-refractivity contribution < 1.29 is 13.2 Å². The second-order valence-corrected chi connectivity index (χ2v) is 7.50. The first-order valence-electron chi connectivity index (χ1n) is 6.11. The fourth-order valence-electron chi connectivity index (χ4n) is 2.40. The molecule has 0 unspecified atom stereocenters. The summed E-state index contributed by atoms with van der Waals surface area (Å²) in [4.78, 5) is 11.9. The van der Waals surface area contributed by atoms with Crippen LogP contribution in [-0.4, -0.2) is 20.0 Å². The quantitative estimate of drug-likeness (QED) is 0.852. The molecular formula is C13H14Cl2O3S. The number of Topliss-reactive ketones (excluding diaryl/α,β-unsaturated/α-hetero) is 1. The van der Waals surface area contributed by atoms with Crippen LogP contribution >= 0.6 is 23.2 Å². The molecule has 104 valence electrons. The first-order valence-corrected chi connectivity index (χ1v) is 8.52. The number of benzene rings is 1. The molecule has 6 heteroatoms. The number of sulfone groups is 1. The topological polar surface area (TPSA) is 51.2 Å². The molecule has 0 N–H and O–H groups in total. The van der Waals surface area contributed by atoms with Crippen molar-refractivity contribution in [3.05, 3.63) is 28.2 Å². The Balaban J connectivity index is 2.25. The highest BCUT2D eigenvalue weighted by atomic mass is 35.5. The predicted octanol–water partition coefficient (Wildman–Crippen LogP) is 3.53. The van der Waals surface area contributed by atoms with Gasteiger partial charge >= 0.3 is 0 Å². The fraction of sp³-hybridized carbons (Fsp3) is 0.462. The van der Waals surface area contributed by atoms with E-state index in [0.717, 1.165) is 25.7 Å². The van der Waals surface area contributed by atoms with Gasteiger partial charge in [-0.3, -0.25) is 4.79 Å². The van der Waals surface area contributed by atoms with Crippen LogP contribution in [0.25, 0.3) is 0 Å². The summed E-state index contributed by atoms with van der Waals surface area (Å²) in [5, 5.41) is 0.124. The SMILES string of the molecule is O=C(CS(=O)(=O)c1c(Cl)cccc1Cl)C1CCCC1. The van der Waals surface area contributed by atoms with Crippen LogP contribution < -0.4 is 0 Å². The van der Waals surface area contributed by atoms with Gasteiger partial charge in [-0.1, -0.05) is 42.1 Å². The van der Waals surface area contributed by atoms with Gasteiger partial charge in [0.1, 0.15) is 10.6 Å². The minimum atomic E-state index is -3.77. The van der Waals surface area contributed by atoms with Gasteiger partial charge in [-0.05, 0) is 25.0 Å². The molecule has 0 amide bonds. The summed E-state index contributed by atoms with van der Waals surface area (Å²) in [6.07, 6.45) is 3.54. The first kappa shape index (κ1) is 14.8. The Kier molecular flexibility index (Phi) is 4.54. The first-order chi connectivity index (χ1) is 8.92. The third kappa shape index (κ3) is 3.30. The smallest absolute Gasteiger partial charge is 0.188 e. The molecule has 0 aromatic heterocycles. The Hall–Kier alpha value is -0.580. The number of carbonyl (C=O) groups is 1. The van der Waals surface area contributed by atoms with Crippen LogP contribution in [0.3, 0.4) is 0 Å². The molecule has 0 aliphatic heterocycles. The van der Waals surface area contributed by atoms with Crippen LogP contribution in [0, 0.1) is 5.92 Å². The van der Waals surface area contributed by atoms with E-state index in [1.165, 1.54) is 12.1 Å². The lowest BCUT2D eigenvalue weighted by Crippen LogP contribution is -2.22. The van der Waals surface area contributed by atoms with Crippen molar-refractivity contribution in [2.24, 2.45) is 5.92 Å². The molecule has 0 atom stereocenters. The summed E-state index contributed by atoms with van der Waals surface area (Å²) in [6.45, 7) is 0. The van der Waals surface area contributed by atoms with Crippen molar-refractivity contribution in [2.45, 2.75) is 30.6 Å². The van der Waals surface area contributed by atoms with E-state index in [2.05, 4.69) is 0 Å². The highest BCUT2D eigenvalue weighted by Gasteiger charge is 2.30. The van der Waals surface area contributed by atoms with E-state index in [1.807, 2.05) is 0 Å². The summed E-state index contributed by atoms with van der Waals surface area (Å²) in [6, 6.07) is 4.49. The Morgan fingerprint density at radius 1 is 1.16 bits per heavy atom. The lowest BCUT2D eigenvalue weighted by atomic mass is 10.0. The molecule has 0 bridgehead atoms. The third-order valence-corrected chi connectivity index (χ3v) is 5.95. The molecule has 0 heterocycles. The zero-order valence-electron chi connectivity index (χ0n) is 10.2. The van der Waals surface area contributed by atoms with E-state index in [0.29, 0.717) is 0 Å². The van der Waals surface area contributed by atoms with Crippen LogP contribution in [0.5, 0.6) is 0 Å². The molecule has 1 aromatic rings. The van der Waals surface area contributed by atoms with Crippen LogP contribution in [0.2, 0.25) is 10.0 Å². The van der Waals surface area contributed by atoms with E-state index in [4.69, 9.17) is 23.2 Å². The van der Waals surface area contributed by atoms with E-state index >= 15 is 0 Å². The van der Waals surface area contributed by atoms with Gasteiger partial charge in [0.15, 0.2) is 15.6 Å². The molecule has 1 saturated carbocycles. The van der Waals surface area contributed by atoms with Gasteiger partial charge in [-0.2, -0.15) is 0 Å². The maximum absolute atomic E-state index is 12.3. The molecule has 0 spiro atoms. The summed E-state index contributed by atoms with van der Waals surface area (Å²) < 4.78 is 24.5. The molecule has 3 nitrogen and oxygen atoms in total. The average molecular weight is 321 g/mol. The Morgan fingerprint density at radius 3 is 2.21 bits per heavy atom. The van der Waals surface area contributed by atoms with Crippen molar-refractivity contribution in [3.8, 4) is 0 Å². The largest absolute Gasteiger partial charge is 0.298 e. The normalized spacial score (nSPS) is 16.7. The maximum Gasteiger partial charge on any atom is 0.188 e. The number of hydrogen-bond acceptors (Lipinski definition) is 3. The van der Waals surface area contributed by atoms with Gasteiger partial charge < -0.3 is 0 Å². The predicted molar refractivity (Wildman–Crippen MR) is 75.5 cm³/mol. The van der Waals surface area contributed by atoms with Gasteiger partial charge in [0.05, 0.1) is 10.0 Å². The highest BCUT2D eigenvalue weighted by Crippen LogP contribution is 2.32. The van der Waals surface area contributed by atoms with Crippen molar-refractivity contribution in [1.29, 1.82) is 0 Å². The van der Waals surface area contributed by atoms with Gasteiger partial charge in [-0.25, -0.2) is 8.42 Å². The molecule has 1 fully saturated rings. The number of ketones is 1. The minimum Gasteiger partial charge on any atom is -0.298 e. The Morgan fingerprint density at radius 2 is 1.68 bits per heavy atom. The average Bonchev–Trinajstić information content (AvgIpc) is 2.80. The lowest BCUT2D eigenvalue weighted by Gasteiger charge is -2.10. The summed E-state index contributed by atoms with van der Waals surface area (Å²) in [5.41, 5.74) is 0. The molecule has 0 saturated heterocycles. The number of rotatable bonds is 4. The monoisotopic (exact) mass is 320 g/mol. The highest BCUT2D eigenvalue weighted by molar-refractivity contribution is 7.92. The molecule has 1 aromatic carbocycles. The molecule has 0 radical (unpaired) electrons. The van der Waals surface area contributed by atoms with Crippen LogP contribution in [0.4, 0.5) is 0 Å². The molecule has 1 aliphatic rings. The fourth-order valence-corrected chi connectivity index (χ4v) is 4.99. The minimum absolute atomic E-state index is 0.0618. The van der Waals surface area contributed by atoms with E-state index in [-0.39, 0.29) is 26.6 Å². The third-order valence-electron chi connectivity index (χ3n) is 3.37. The summed E-state index contributed by atoms with van der Waals surface area (Å²) in [5.74, 6) is -0.870. The second kappa shape index (κ2) is 5.81. The van der Waals surface area contributed by atoms with Gasteiger partial charge in [0.25, 0.3) is 0 Å². The van der Waals surface area contributed by atoms with Crippen LogP contribution in [0.1, 0.15) is 25.7 Å². The van der Waals surface area contributed by atoms with Gasteiger partial charge in [-0.15, -0.1) is 0 Å². The maximum atomic E-state index is 12.3. The van der Waals surface area contributed by atoms with Crippen molar-refractivity contribution in [1.82, 2.24) is 0 Å². The molecule has 2 rings (SSSR count). The van der Waals surface area contributed by atoms with E-state index in [9.17, 15) is 13.2 Å².